The molecule has 110 valence electrons. The number of rotatable bonds is 6. The topological polar surface area (TPSA) is 90.0 Å². The van der Waals surface area contributed by atoms with Crippen LogP contribution in [0.1, 0.15) is 30.3 Å². The summed E-state index contributed by atoms with van der Waals surface area (Å²) in [6, 6.07) is 7.21. The molecule has 1 heterocycles. The van der Waals surface area contributed by atoms with Gasteiger partial charge in [0.05, 0.1) is 17.5 Å². The summed E-state index contributed by atoms with van der Waals surface area (Å²) in [5.74, 6) is 0.804. The fraction of sp³-hybridized carbons (Fsp3) is 0.462. The normalized spacial score (nSPS) is 14.6. The number of nitro benzene ring substituents is 1. The summed E-state index contributed by atoms with van der Waals surface area (Å²) in [5, 5.41) is 22.8. The van der Waals surface area contributed by atoms with Crippen molar-refractivity contribution >= 4 is 5.69 Å². The van der Waals surface area contributed by atoms with Crippen LogP contribution in [-0.2, 0) is 13.1 Å². The van der Waals surface area contributed by atoms with Crippen LogP contribution in [0.25, 0.3) is 0 Å². The molecule has 21 heavy (non-hydrogen) atoms. The molecule has 1 saturated carbocycles. The van der Waals surface area contributed by atoms with Crippen LogP contribution < -0.4 is 0 Å². The van der Waals surface area contributed by atoms with Crippen LogP contribution in [0.15, 0.2) is 24.3 Å². The maximum Gasteiger partial charge on any atom is 0.273 e. The lowest BCUT2D eigenvalue weighted by Gasteiger charge is -2.16. The van der Waals surface area contributed by atoms with Crippen molar-refractivity contribution in [3.8, 4) is 0 Å². The molecule has 0 unspecified atom stereocenters. The third kappa shape index (κ3) is 3.05. The fourth-order valence-electron chi connectivity index (χ4n) is 2.33. The van der Waals surface area contributed by atoms with E-state index in [0.717, 1.165) is 18.7 Å². The zero-order valence-corrected chi connectivity index (χ0v) is 11.7. The van der Waals surface area contributed by atoms with Gasteiger partial charge in [-0.2, -0.15) is 0 Å². The van der Waals surface area contributed by atoms with Crippen molar-refractivity contribution in [1.82, 2.24) is 25.1 Å². The van der Waals surface area contributed by atoms with Gasteiger partial charge in [0, 0.05) is 18.2 Å². The van der Waals surface area contributed by atoms with Crippen molar-refractivity contribution in [3.05, 3.63) is 45.8 Å². The van der Waals surface area contributed by atoms with E-state index < -0.39 is 0 Å². The summed E-state index contributed by atoms with van der Waals surface area (Å²) in [6.07, 6.45) is 2.23. The van der Waals surface area contributed by atoms with E-state index in [1.807, 2.05) is 22.7 Å². The van der Waals surface area contributed by atoms with Gasteiger partial charge < -0.3 is 0 Å². The van der Waals surface area contributed by atoms with E-state index in [0.29, 0.717) is 24.7 Å². The lowest BCUT2D eigenvalue weighted by Crippen LogP contribution is -2.21. The van der Waals surface area contributed by atoms with E-state index >= 15 is 0 Å². The number of hydrogen-bond acceptors (Lipinski definition) is 6. The van der Waals surface area contributed by atoms with Gasteiger partial charge in [-0.3, -0.25) is 15.0 Å². The number of nitrogens with zero attached hydrogens (tertiary/aromatic N) is 6. The smallest absolute Gasteiger partial charge is 0.273 e. The van der Waals surface area contributed by atoms with Gasteiger partial charge in [-0.15, -0.1) is 5.10 Å². The minimum absolute atomic E-state index is 0.145. The summed E-state index contributed by atoms with van der Waals surface area (Å²) in [6.45, 7) is 1.05. The number of tetrazole rings is 1. The molecule has 0 amide bonds. The lowest BCUT2D eigenvalue weighted by molar-refractivity contribution is -0.385. The maximum absolute atomic E-state index is 11.0. The van der Waals surface area contributed by atoms with Crippen molar-refractivity contribution in [2.24, 2.45) is 0 Å². The number of aromatic nitrogens is 4. The van der Waals surface area contributed by atoms with Crippen molar-refractivity contribution in [2.45, 2.75) is 32.0 Å². The number of nitro groups is 1. The van der Waals surface area contributed by atoms with Gasteiger partial charge in [0.25, 0.3) is 5.69 Å². The van der Waals surface area contributed by atoms with Gasteiger partial charge in [0.2, 0.25) is 0 Å². The molecule has 0 bridgehead atoms. The molecule has 3 rings (SSSR count). The van der Waals surface area contributed by atoms with E-state index in [2.05, 4.69) is 15.5 Å². The molecule has 0 aliphatic heterocycles. The van der Waals surface area contributed by atoms with Crippen molar-refractivity contribution < 1.29 is 4.92 Å². The average molecular weight is 288 g/mol. The Labute approximate surface area is 121 Å². The quantitative estimate of drug-likeness (QED) is 0.591. The maximum atomic E-state index is 11.0. The van der Waals surface area contributed by atoms with Crippen LogP contribution in [0.2, 0.25) is 0 Å². The van der Waals surface area contributed by atoms with Crippen LogP contribution in [0.4, 0.5) is 5.69 Å². The molecule has 1 aromatic carbocycles. The Morgan fingerprint density at radius 2 is 2.14 bits per heavy atom. The van der Waals surface area contributed by atoms with Crippen molar-refractivity contribution in [3.63, 3.8) is 0 Å². The summed E-state index contributed by atoms with van der Waals surface area (Å²) >= 11 is 0. The third-order valence-electron chi connectivity index (χ3n) is 3.49. The summed E-state index contributed by atoms with van der Waals surface area (Å²) in [4.78, 5) is 12.7. The SMILES string of the molecule is CN(Cc1ccccc1[N+](=O)[O-])Cc1nnnn1C1CC1. The minimum atomic E-state index is -0.350. The second-order valence-electron chi connectivity index (χ2n) is 5.33. The van der Waals surface area contributed by atoms with Crippen LogP contribution in [0, 0.1) is 10.1 Å². The van der Waals surface area contributed by atoms with Crippen LogP contribution in [0.3, 0.4) is 0 Å². The molecule has 8 nitrogen and oxygen atoms in total. The van der Waals surface area contributed by atoms with Crippen molar-refractivity contribution in [2.75, 3.05) is 7.05 Å². The standard InChI is InChI=1S/C13H16N6O2/c1-17(8-10-4-2-3-5-12(10)19(20)21)9-13-14-15-16-18(13)11-6-7-11/h2-5,11H,6-9H2,1H3. The summed E-state index contributed by atoms with van der Waals surface area (Å²) in [7, 11) is 1.91. The van der Waals surface area contributed by atoms with E-state index in [9.17, 15) is 10.1 Å². The Balaban J connectivity index is 1.70. The molecule has 0 saturated heterocycles. The Morgan fingerprint density at radius 3 is 2.86 bits per heavy atom. The first-order chi connectivity index (χ1) is 10.1. The fourth-order valence-corrected chi connectivity index (χ4v) is 2.33. The highest BCUT2D eigenvalue weighted by molar-refractivity contribution is 5.39. The Morgan fingerprint density at radius 1 is 1.38 bits per heavy atom. The monoisotopic (exact) mass is 288 g/mol. The summed E-state index contributed by atoms with van der Waals surface area (Å²) in [5.41, 5.74) is 0.835. The van der Waals surface area contributed by atoms with E-state index in [-0.39, 0.29) is 10.6 Å². The predicted octanol–water partition coefficient (Wildman–Crippen LogP) is 1.55. The van der Waals surface area contributed by atoms with E-state index in [4.69, 9.17) is 0 Å². The van der Waals surface area contributed by atoms with Crippen molar-refractivity contribution in [1.29, 1.82) is 0 Å². The number of hydrogen-bond donors (Lipinski definition) is 0. The highest BCUT2D eigenvalue weighted by atomic mass is 16.6. The van der Waals surface area contributed by atoms with Gasteiger partial charge in [0.15, 0.2) is 5.82 Å². The van der Waals surface area contributed by atoms with Crippen LogP contribution >= 0.6 is 0 Å². The van der Waals surface area contributed by atoms with E-state index in [1.54, 1.807) is 12.1 Å². The minimum Gasteiger partial charge on any atom is -0.294 e. The molecule has 0 spiro atoms. The predicted molar refractivity (Wildman–Crippen MR) is 74.4 cm³/mol. The Kier molecular flexibility index (Phi) is 3.61. The van der Waals surface area contributed by atoms with Gasteiger partial charge in [0.1, 0.15) is 0 Å². The average Bonchev–Trinajstić information content (AvgIpc) is 3.20. The van der Waals surface area contributed by atoms with Crippen LogP contribution in [-0.4, -0.2) is 37.1 Å². The van der Waals surface area contributed by atoms with Gasteiger partial charge >= 0.3 is 0 Å². The van der Waals surface area contributed by atoms with Crippen LogP contribution in [0.5, 0.6) is 0 Å². The molecule has 2 aromatic rings. The molecule has 0 radical (unpaired) electrons. The second-order valence-corrected chi connectivity index (χ2v) is 5.33. The highest BCUT2D eigenvalue weighted by Crippen LogP contribution is 2.34. The molecular weight excluding hydrogens is 272 g/mol. The largest absolute Gasteiger partial charge is 0.294 e. The first kappa shape index (κ1) is 13.6. The molecule has 1 fully saturated rings. The summed E-state index contributed by atoms with van der Waals surface area (Å²) < 4.78 is 1.86. The molecule has 1 aromatic heterocycles. The second kappa shape index (κ2) is 5.57. The molecule has 1 aliphatic carbocycles. The first-order valence-corrected chi connectivity index (χ1v) is 6.82. The Hall–Kier alpha value is -2.35. The van der Waals surface area contributed by atoms with Gasteiger partial charge in [-0.1, -0.05) is 18.2 Å². The molecule has 0 atom stereocenters. The van der Waals surface area contributed by atoms with Gasteiger partial charge in [-0.25, -0.2) is 4.68 Å². The Bertz CT molecular complexity index is 652. The number of para-hydroxylation sites is 1. The molecular formula is C13H16N6O2. The van der Waals surface area contributed by atoms with Gasteiger partial charge in [-0.05, 0) is 30.3 Å². The molecule has 0 N–H and O–H groups in total. The highest BCUT2D eigenvalue weighted by Gasteiger charge is 2.28. The number of benzene rings is 1. The zero-order valence-electron chi connectivity index (χ0n) is 11.7. The molecule has 1 aliphatic rings. The third-order valence-corrected chi connectivity index (χ3v) is 3.49. The zero-order chi connectivity index (χ0) is 14.8. The lowest BCUT2D eigenvalue weighted by atomic mass is 10.1. The first-order valence-electron chi connectivity index (χ1n) is 6.82. The van der Waals surface area contributed by atoms with E-state index in [1.165, 1.54) is 6.07 Å². The molecule has 8 heteroatoms.